The summed E-state index contributed by atoms with van der Waals surface area (Å²) in [6.07, 6.45) is 0. The van der Waals surface area contributed by atoms with Gasteiger partial charge in [0.2, 0.25) is 0 Å². The van der Waals surface area contributed by atoms with Crippen molar-refractivity contribution in [3.05, 3.63) is 65.2 Å². The lowest BCUT2D eigenvalue weighted by Gasteiger charge is -2.08. The topological polar surface area (TPSA) is 26.3 Å². The zero-order valence-corrected chi connectivity index (χ0v) is 10.8. The number of aryl methyl sites for hydroxylation is 1. The number of rotatable bonds is 4. The summed E-state index contributed by atoms with van der Waals surface area (Å²) in [4.78, 5) is 11.1. The van der Waals surface area contributed by atoms with Gasteiger partial charge in [0.15, 0.2) is 0 Å². The van der Waals surface area contributed by atoms with Crippen molar-refractivity contribution in [3.8, 4) is 5.75 Å². The average molecular weight is 261 g/mol. The predicted molar refractivity (Wildman–Crippen MR) is 72.1 cm³/mol. The van der Waals surface area contributed by atoms with Gasteiger partial charge >= 0.3 is 0 Å². The van der Waals surface area contributed by atoms with E-state index in [0.717, 1.165) is 11.1 Å². The molecule has 2 nitrogen and oxygen atoms in total. The number of carbonyl (C=O) groups excluding carboxylic acids is 1. The molecular formula is C15H13ClO2. The van der Waals surface area contributed by atoms with E-state index in [4.69, 9.17) is 16.3 Å². The van der Waals surface area contributed by atoms with Gasteiger partial charge in [-0.15, -0.1) is 0 Å². The summed E-state index contributed by atoms with van der Waals surface area (Å²) < 4.78 is 5.65. The van der Waals surface area contributed by atoms with Gasteiger partial charge in [0, 0.05) is 5.56 Å². The van der Waals surface area contributed by atoms with Gasteiger partial charge < -0.3 is 4.74 Å². The first-order valence-corrected chi connectivity index (χ1v) is 6.01. The quantitative estimate of drug-likeness (QED) is 0.778. The molecular weight excluding hydrogens is 248 g/mol. The molecule has 0 aliphatic carbocycles. The molecule has 0 atom stereocenters. The Morgan fingerprint density at radius 1 is 1.17 bits per heavy atom. The van der Waals surface area contributed by atoms with E-state index < -0.39 is 5.24 Å². The zero-order valence-electron chi connectivity index (χ0n) is 10.0. The predicted octanol–water partition coefficient (Wildman–Crippen LogP) is 3.95. The Balaban J connectivity index is 2.12. The minimum atomic E-state index is -0.469. The second kappa shape index (κ2) is 5.69. The van der Waals surface area contributed by atoms with Crippen LogP contribution in [0.4, 0.5) is 0 Å². The Bertz CT molecular complexity index is 550. The molecule has 2 aromatic carbocycles. The molecule has 3 heteroatoms. The third-order valence-corrected chi connectivity index (χ3v) is 2.74. The van der Waals surface area contributed by atoms with E-state index in [1.54, 1.807) is 12.1 Å². The molecule has 0 saturated heterocycles. The Hall–Kier alpha value is -1.80. The highest BCUT2D eigenvalue weighted by Gasteiger charge is 2.05. The van der Waals surface area contributed by atoms with Crippen molar-refractivity contribution in [1.29, 1.82) is 0 Å². The molecule has 0 aromatic heterocycles. The van der Waals surface area contributed by atoms with Gasteiger partial charge in [0.25, 0.3) is 5.24 Å². The highest BCUT2D eigenvalue weighted by Crippen LogP contribution is 2.19. The lowest BCUT2D eigenvalue weighted by atomic mass is 10.1. The van der Waals surface area contributed by atoms with Crippen LogP contribution in [0.15, 0.2) is 48.5 Å². The van der Waals surface area contributed by atoms with Crippen LogP contribution in [0, 0.1) is 6.92 Å². The van der Waals surface area contributed by atoms with E-state index in [1.807, 2.05) is 43.3 Å². The molecule has 0 aliphatic rings. The number of carbonyl (C=O) groups is 1. The van der Waals surface area contributed by atoms with Gasteiger partial charge in [-0.2, -0.15) is 0 Å². The number of hydrogen-bond donors (Lipinski definition) is 0. The van der Waals surface area contributed by atoms with Crippen molar-refractivity contribution < 1.29 is 9.53 Å². The van der Waals surface area contributed by atoms with Crippen molar-refractivity contribution in [1.82, 2.24) is 0 Å². The van der Waals surface area contributed by atoms with Crippen molar-refractivity contribution in [2.75, 3.05) is 0 Å². The summed E-state index contributed by atoms with van der Waals surface area (Å²) in [6, 6.07) is 15.1. The molecule has 0 radical (unpaired) electrons. The monoisotopic (exact) mass is 260 g/mol. The SMILES string of the molecule is Cc1cc(OCc2ccccc2)cc(C(=O)Cl)c1. The van der Waals surface area contributed by atoms with Crippen LogP contribution in [0.3, 0.4) is 0 Å². The van der Waals surface area contributed by atoms with Crippen LogP contribution in [0.2, 0.25) is 0 Å². The Labute approximate surface area is 111 Å². The Morgan fingerprint density at radius 3 is 2.56 bits per heavy atom. The highest BCUT2D eigenvalue weighted by atomic mass is 35.5. The van der Waals surface area contributed by atoms with Crippen molar-refractivity contribution in [2.24, 2.45) is 0 Å². The van der Waals surface area contributed by atoms with Gasteiger partial charge in [-0.05, 0) is 47.9 Å². The molecule has 92 valence electrons. The van der Waals surface area contributed by atoms with Crippen molar-refractivity contribution in [3.63, 3.8) is 0 Å². The molecule has 0 heterocycles. The van der Waals surface area contributed by atoms with Crippen LogP contribution in [0.25, 0.3) is 0 Å². The number of hydrogen-bond acceptors (Lipinski definition) is 2. The maximum atomic E-state index is 11.1. The van der Waals surface area contributed by atoms with Crippen LogP contribution in [-0.2, 0) is 6.61 Å². The fourth-order valence-electron chi connectivity index (χ4n) is 1.69. The number of halogens is 1. The molecule has 0 saturated carbocycles. The van der Waals surface area contributed by atoms with E-state index >= 15 is 0 Å². The van der Waals surface area contributed by atoms with Gasteiger partial charge in [0.05, 0.1) is 0 Å². The summed E-state index contributed by atoms with van der Waals surface area (Å²) in [5, 5.41) is -0.469. The molecule has 0 amide bonds. The van der Waals surface area contributed by atoms with Gasteiger partial charge in [-0.1, -0.05) is 30.3 Å². The maximum Gasteiger partial charge on any atom is 0.252 e. The fraction of sp³-hybridized carbons (Fsp3) is 0.133. The summed E-state index contributed by atoms with van der Waals surface area (Å²) in [5.74, 6) is 0.655. The molecule has 2 aromatic rings. The summed E-state index contributed by atoms with van der Waals surface area (Å²) >= 11 is 5.47. The van der Waals surface area contributed by atoms with E-state index in [-0.39, 0.29) is 0 Å². The van der Waals surface area contributed by atoms with Crippen LogP contribution in [0.1, 0.15) is 21.5 Å². The van der Waals surface area contributed by atoms with Crippen molar-refractivity contribution >= 4 is 16.8 Å². The fourth-order valence-corrected chi connectivity index (χ4v) is 1.79. The minimum Gasteiger partial charge on any atom is -0.489 e. The van der Waals surface area contributed by atoms with E-state index in [9.17, 15) is 4.79 Å². The molecule has 0 spiro atoms. The maximum absolute atomic E-state index is 11.1. The first kappa shape index (κ1) is 12.7. The van der Waals surface area contributed by atoms with E-state index in [1.165, 1.54) is 0 Å². The molecule has 0 N–H and O–H groups in total. The Morgan fingerprint density at radius 2 is 1.89 bits per heavy atom. The molecule has 0 unspecified atom stereocenters. The average Bonchev–Trinajstić information content (AvgIpc) is 2.37. The molecule has 0 fully saturated rings. The van der Waals surface area contributed by atoms with Crippen LogP contribution in [-0.4, -0.2) is 5.24 Å². The third kappa shape index (κ3) is 3.34. The second-order valence-corrected chi connectivity index (χ2v) is 4.43. The van der Waals surface area contributed by atoms with Crippen LogP contribution in [0.5, 0.6) is 5.75 Å². The van der Waals surface area contributed by atoms with E-state index in [2.05, 4.69) is 0 Å². The van der Waals surface area contributed by atoms with Crippen molar-refractivity contribution in [2.45, 2.75) is 13.5 Å². The first-order chi connectivity index (χ1) is 8.65. The molecule has 2 rings (SSSR count). The number of ether oxygens (including phenoxy) is 1. The van der Waals surface area contributed by atoms with Crippen LogP contribution >= 0.6 is 11.6 Å². The minimum absolute atomic E-state index is 0.458. The molecule has 18 heavy (non-hydrogen) atoms. The second-order valence-electron chi connectivity index (χ2n) is 4.08. The first-order valence-electron chi connectivity index (χ1n) is 5.63. The number of benzene rings is 2. The standard InChI is InChI=1S/C15H13ClO2/c1-11-7-13(15(16)17)9-14(8-11)18-10-12-5-3-2-4-6-12/h2-9H,10H2,1H3. The summed E-state index contributed by atoms with van der Waals surface area (Å²) in [5.41, 5.74) is 2.49. The Kier molecular flexibility index (Phi) is 4.00. The van der Waals surface area contributed by atoms with Gasteiger partial charge in [-0.25, -0.2) is 0 Å². The van der Waals surface area contributed by atoms with Crippen LogP contribution < -0.4 is 4.74 Å². The highest BCUT2D eigenvalue weighted by molar-refractivity contribution is 6.67. The van der Waals surface area contributed by atoms with Gasteiger partial charge in [-0.3, -0.25) is 4.79 Å². The summed E-state index contributed by atoms with van der Waals surface area (Å²) in [7, 11) is 0. The lowest BCUT2D eigenvalue weighted by Crippen LogP contribution is -1.97. The largest absolute Gasteiger partial charge is 0.489 e. The zero-order chi connectivity index (χ0) is 13.0. The molecule has 0 bridgehead atoms. The lowest BCUT2D eigenvalue weighted by molar-refractivity contribution is 0.108. The third-order valence-electron chi connectivity index (χ3n) is 2.53. The van der Waals surface area contributed by atoms with Gasteiger partial charge in [0.1, 0.15) is 12.4 Å². The normalized spacial score (nSPS) is 10.1. The summed E-state index contributed by atoms with van der Waals surface area (Å²) in [6.45, 7) is 2.37. The van der Waals surface area contributed by atoms with E-state index in [0.29, 0.717) is 17.9 Å². The smallest absolute Gasteiger partial charge is 0.252 e. The molecule has 0 aliphatic heterocycles.